The smallest absolute Gasteiger partial charge is 0.274 e. The van der Waals surface area contributed by atoms with Crippen molar-refractivity contribution in [3.8, 4) is 0 Å². The van der Waals surface area contributed by atoms with E-state index in [4.69, 9.17) is 4.74 Å². The molecule has 2 aliphatic rings. The zero-order valence-corrected chi connectivity index (χ0v) is 14.7. The van der Waals surface area contributed by atoms with E-state index in [9.17, 15) is 9.59 Å². The van der Waals surface area contributed by atoms with Crippen molar-refractivity contribution < 1.29 is 14.3 Å². The Morgan fingerprint density at radius 1 is 1.04 bits per heavy atom. The van der Waals surface area contributed by atoms with Gasteiger partial charge in [-0.2, -0.15) is 0 Å². The Hall–Kier alpha value is -1.89. The van der Waals surface area contributed by atoms with Crippen molar-refractivity contribution >= 4 is 11.8 Å². The van der Waals surface area contributed by atoms with Crippen molar-refractivity contribution in [3.05, 3.63) is 17.2 Å². The van der Waals surface area contributed by atoms with Crippen LogP contribution in [0, 0.1) is 13.8 Å². The van der Waals surface area contributed by atoms with Gasteiger partial charge in [-0.15, -0.1) is 0 Å². The highest BCUT2D eigenvalue weighted by atomic mass is 16.5. The molecule has 3 heterocycles. The molecule has 1 aromatic heterocycles. The summed E-state index contributed by atoms with van der Waals surface area (Å²) in [6.07, 6.45) is 1.81. The van der Waals surface area contributed by atoms with Crippen LogP contribution in [0.5, 0.6) is 0 Å². The average Bonchev–Trinajstić information content (AvgIpc) is 2.89. The van der Waals surface area contributed by atoms with Crippen molar-refractivity contribution in [1.29, 1.82) is 0 Å². The van der Waals surface area contributed by atoms with Crippen molar-refractivity contribution in [1.82, 2.24) is 19.4 Å². The minimum atomic E-state index is -0.00109. The first-order valence-corrected chi connectivity index (χ1v) is 8.67. The Morgan fingerprint density at radius 2 is 1.67 bits per heavy atom. The van der Waals surface area contributed by atoms with Crippen LogP contribution in [0.25, 0.3) is 0 Å². The summed E-state index contributed by atoms with van der Waals surface area (Å²) in [6, 6.07) is 0.305. The molecule has 0 aliphatic carbocycles. The summed E-state index contributed by atoms with van der Waals surface area (Å²) >= 11 is 0. The minimum Gasteiger partial charge on any atom is -0.378 e. The number of aromatic nitrogens is 2. The topological polar surface area (TPSA) is 67.7 Å². The number of amides is 2. The Morgan fingerprint density at radius 3 is 2.25 bits per heavy atom. The Kier molecular flexibility index (Phi) is 4.89. The quantitative estimate of drug-likeness (QED) is 0.814. The molecule has 3 rings (SSSR count). The molecule has 24 heavy (non-hydrogen) atoms. The predicted molar refractivity (Wildman–Crippen MR) is 88.9 cm³/mol. The van der Waals surface area contributed by atoms with Gasteiger partial charge in [0.15, 0.2) is 0 Å². The number of carbonyl (C=O) groups is 2. The molecule has 0 N–H and O–H groups in total. The number of aryl methyl sites for hydroxylation is 1. The highest BCUT2D eigenvalue weighted by molar-refractivity contribution is 5.93. The summed E-state index contributed by atoms with van der Waals surface area (Å²) in [6.45, 7) is 9.52. The molecule has 0 bridgehead atoms. The third-order valence-corrected chi connectivity index (χ3v) is 5.10. The molecule has 132 valence electrons. The number of imidazole rings is 1. The van der Waals surface area contributed by atoms with Gasteiger partial charge >= 0.3 is 0 Å². The Bertz CT molecular complexity index is 626. The highest BCUT2D eigenvalue weighted by Gasteiger charge is 2.29. The summed E-state index contributed by atoms with van der Waals surface area (Å²) in [5.41, 5.74) is 1.49. The highest BCUT2D eigenvalue weighted by Crippen LogP contribution is 2.27. The molecule has 7 nitrogen and oxygen atoms in total. The van der Waals surface area contributed by atoms with Crippen LogP contribution in [-0.4, -0.2) is 70.6 Å². The van der Waals surface area contributed by atoms with E-state index in [0.29, 0.717) is 38.0 Å². The first-order chi connectivity index (χ1) is 11.5. The van der Waals surface area contributed by atoms with E-state index in [2.05, 4.69) is 9.55 Å². The summed E-state index contributed by atoms with van der Waals surface area (Å²) in [5, 5.41) is 0. The van der Waals surface area contributed by atoms with Gasteiger partial charge in [0.25, 0.3) is 5.91 Å². The van der Waals surface area contributed by atoms with Gasteiger partial charge in [0.05, 0.1) is 13.2 Å². The Labute approximate surface area is 142 Å². The Balaban J connectivity index is 1.77. The van der Waals surface area contributed by atoms with E-state index < -0.39 is 0 Å². The average molecular weight is 334 g/mol. The first kappa shape index (κ1) is 17.0. The van der Waals surface area contributed by atoms with Crippen molar-refractivity contribution in [2.75, 3.05) is 39.4 Å². The van der Waals surface area contributed by atoms with E-state index >= 15 is 0 Å². The van der Waals surface area contributed by atoms with Gasteiger partial charge in [-0.05, 0) is 26.7 Å². The standard InChI is InChI=1S/C17H26N4O3/c1-12-16(17(23)20-8-10-24-11-9-20)18-13(2)21(12)15-4-6-19(7-5-15)14(3)22/h15H,4-11H2,1-3H3. The lowest BCUT2D eigenvalue weighted by Crippen LogP contribution is -2.41. The lowest BCUT2D eigenvalue weighted by Gasteiger charge is -2.33. The molecule has 7 heteroatoms. The fourth-order valence-electron chi connectivity index (χ4n) is 3.75. The van der Waals surface area contributed by atoms with E-state index in [1.807, 2.05) is 23.6 Å². The number of carbonyl (C=O) groups excluding carboxylic acids is 2. The normalized spacial score (nSPS) is 19.6. The molecular weight excluding hydrogens is 308 g/mol. The van der Waals surface area contributed by atoms with Crippen LogP contribution in [0.2, 0.25) is 0 Å². The second-order valence-corrected chi connectivity index (χ2v) is 6.60. The van der Waals surface area contributed by atoms with E-state index in [1.165, 1.54) is 0 Å². The predicted octanol–water partition coefficient (Wildman–Crippen LogP) is 1.16. The maximum Gasteiger partial charge on any atom is 0.274 e. The summed E-state index contributed by atoms with van der Waals surface area (Å²) < 4.78 is 7.50. The summed E-state index contributed by atoms with van der Waals surface area (Å²) in [5.74, 6) is 1.01. The van der Waals surface area contributed by atoms with Crippen LogP contribution in [0.15, 0.2) is 0 Å². The fourth-order valence-corrected chi connectivity index (χ4v) is 3.75. The SMILES string of the molecule is CC(=O)N1CCC(n2c(C)nc(C(=O)N3CCOCC3)c2C)CC1. The van der Waals surface area contributed by atoms with Gasteiger partial charge in [0.1, 0.15) is 11.5 Å². The number of nitrogens with zero attached hydrogens (tertiary/aromatic N) is 4. The molecule has 0 unspecified atom stereocenters. The number of piperidine rings is 1. The molecule has 0 saturated carbocycles. The molecule has 2 fully saturated rings. The molecule has 0 radical (unpaired) electrons. The van der Waals surface area contributed by atoms with E-state index in [-0.39, 0.29) is 11.8 Å². The molecule has 2 aliphatic heterocycles. The van der Waals surface area contributed by atoms with E-state index in [0.717, 1.165) is 37.4 Å². The van der Waals surface area contributed by atoms with Gasteiger partial charge < -0.3 is 19.1 Å². The summed E-state index contributed by atoms with van der Waals surface area (Å²) in [7, 11) is 0. The van der Waals surface area contributed by atoms with Gasteiger partial charge in [-0.25, -0.2) is 4.98 Å². The molecule has 2 amide bonds. The largest absolute Gasteiger partial charge is 0.378 e. The van der Waals surface area contributed by atoms with Crippen LogP contribution in [0.3, 0.4) is 0 Å². The van der Waals surface area contributed by atoms with Crippen molar-refractivity contribution in [3.63, 3.8) is 0 Å². The molecule has 0 atom stereocenters. The zero-order chi connectivity index (χ0) is 17.3. The van der Waals surface area contributed by atoms with Crippen LogP contribution in [0.1, 0.15) is 47.8 Å². The maximum absolute atomic E-state index is 12.8. The van der Waals surface area contributed by atoms with Gasteiger partial charge in [0.2, 0.25) is 5.91 Å². The van der Waals surface area contributed by atoms with Crippen molar-refractivity contribution in [2.45, 2.75) is 39.7 Å². The number of likely N-dealkylation sites (tertiary alicyclic amines) is 1. The molecular formula is C17H26N4O3. The van der Waals surface area contributed by atoms with Crippen molar-refractivity contribution in [2.24, 2.45) is 0 Å². The molecule has 1 aromatic rings. The van der Waals surface area contributed by atoms with E-state index in [1.54, 1.807) is 6.92 Å². The fraction of sp³-hybridized carbons (Fsp3) is 0.706. The minimum absolute atomic E-state index is 0.00109. The third-order valence-electron chi connectivity index (χ3n) is 5.10. The first-order valence-electron chi connectivity index (χ1n) is 8.67. The molecule has 0 aromatic carbocycles. The maximum atomic E-state index is 12.8. The second-order valence-electron chi connectivity index (χ2n) is 6.60. The lowest BCUT2D eigenvalue weighted by molar-refractivity contribution is -0.130. The third kappa shape index (κ3) is 3.17. The van der Waals surface area contributed by atoms with Crippen LogP contribution >= 0.6 is 0 Å². The monoisotopic (exact) mass is 334 g/mol. The molecule has 2 saturated heterocycles. The molecule has 0 spiro atoms. The zero-order valence-electron chi connectivity index (χ0n) is 14.7. The van der Waals surface area contributed by atoms with Crippen LogP contribution in [-0.2, 0) is 9.53 Å². The number of hydrogen-bond acceptors (Lipinski definition) is 4. The number of rotatable bonds is 2. The van der Waals surface area contributed by atoms with Gasteiger partial charge in [-0.3, -0.25) is 9.59 Å². The van der Waals surface area contributed by atoms with Gasteiger partial charge in [-0.1, -0.05) is 0 Å². The summed E-state index contributed by atoms with van der Waals surface area (Å²) in [4.78, 5) is 32.5. The number of hydrogen-bond donors (Lipinski definition) is 0. The number of morpholine rings is 1. The van der Waals surface area contributed by atoms with Crippen LogP contribution in [0.4, 0.5) is 0 Å². The van der Waals surface area contributed by atoms with Crippen LogP contribution < -0.4 is 0 Å². The number of ether oxygens (including phenoxy) is 1. The van der Waals surface area contributed by atoms with Gasteiger partial charge in [0, 0.05) is 44.8 Å². The lowest BCUT2D eigenvalue weighted by atomic mass is 10.0. The second kappa shape index (κ2) is 6.93.